The number of fused-ring (bicyclic) bond motifs is 1. The second-order valence-corrected chi connectivity index (χ2v) is 7.88. The topological polar surface area (TPSA) is 56.2 Å². The zero-order chi connectivity index (χ0) is 21.3. The maximum absolute atomic E-state index is 13.0. The van der Waals surface area contributed by atoms with Gasteiger partial charge in [-0.1, -0.05) is 24.3 Å². The van der Waals surface area contributed by atoms with Gasteiger partial charge in [-0.25, -0.2) is 4.68 Å². The smallest absolute Gasteiger partial charge is 0.416 e. The first kappa shape index (κ1) is 20.3. The van der Waals surface area contributed by atoms with E-state index in [1.807, 2.05) is 24.3 Å². The number of nitrogens with one attached hydrogen (secondary N) is 1. The quantitative estimate of drug-likeness (QED) is 0.638. The van der Waals surface area contributed by atoms with Crippen molar-refractivity contribution in [1.29, 1.82) is 0 Å². The summed E-state index contributed by atoms with van der Waals surface area (Å²) in [6.07, 6.45) is -2.31. The highest BCUT2D eigenvalue weighted by Crippen LogP contribution is 2.36. The summed E-state index contributed by atoms with van der Waals surface area (Å²) in [6.45, 7) is 0. The summed E-state index contributed by atoms with van der Waals surface area (Å²) in [7, 11) is 1.39. The van der Waals surface area contributed by atoms with E-state index in [0.29, 0.717) is 0 Å². The zero-order valence-electron chi connectivity index (χ0n) is 15.9. The third kappa shape index (κ3) is 4.02. The summed E-state index contributed by atoms with van der Waals surface area (Å²) in [6, 6.07) is 12.4. The van der Waals surface area contributed by atoms with Crippen molar-refractivity contribution in [1.82, 2.24) is 15.1 Å². The van der Waals surface area contributed by atoms with Crippen LogP contribution in [0.4, 0.5) is 13.2 Å². The Kier molecular flexibility index (Phi) is 5.46. The molecule has 5 nitrogen and oxygen atoms in total. The van der Waals surface area contributed by atoms with Crippen molar-refractivity contribution in [3.05, 3.63) is 71.5 Å². The molecule has 1 amide bonds. The zero-order valence-corrected chi connectivity index (χ0v) is 16.8. The number of ether oxygens (including phenoxy) is 1. The lowest BCUT2D eigenvalue weighted by Gasteiger charge is -2.25. The molecule has 0 saturated carbocycles. The van der Waals surface area contributed by atoms with E-state index in [4.69, 9.17) is 4.74 Å². The predicted molar refractivity (Wildman–Crippen MR) is 107 cm³/mol. The van der Waals surface area contributed by atoms with Crippen molar-refractivity contribution in [2.45, 2.75) is 23.5 Å². The molecule has 1 aromatic heterocycles. The van der Waals surface area contributed by atoms with Crippen LogP contribution in [0.15, 0.2) is 59.6 Å². The van der Waals surface area contributed by atoms with Crippen LogP contribution in [0.1, 0.15) is 34.1 Å². The Morgan fingerprint density at radius 2 is 2.03 bits per heavy atom. The standard InChI is InChI=1S/C21H18F3N3O2S/c1-29-17-12-27(14-6-4-5-13(11-14)21(22,23)24)26-19(17)20(28)25-16-9-10-30-18-8-3-2-7-15(16)18/h2-8,11-12,16H,9-10H2,1H3,(H,25,28). The molecular weight excluding hydrogens is 415 g/mol. The minimum absolute atomic E-state index is 0.0191. The monoisotopic (exact) mass is 433 g/mol. The molecule has 2 aromatic carbocycles. The van der Waals surface area contributed by atoms with Crippen molar-refractivity contribution in [3.8, 4) is 11.4 Å². The van der Waals surface area contributed by atoms with Crippen molar-refractivity contribution in [2.75, 3.05) is 12.9 Å². The van der Waals surface area contributed by atoms with Gasteiger partial charge in [-0.05, 0) is 36.2 Å². The fraction of sp³-hybridized carbons (Fsp3) is 0.238. The summed E-state index contributed by atoms with van der Waals surface area (Å²) in [5, 5.41) is 7.18. The van der Waals surface area contributed by atoms with Crippen LogP contribution >= 0.6 is 11.8 Å². The van der Waals surface area contributed by atoms with Crippen LogP contribution in [0.3, 0.4) is 0 Å². The third-order valence-corrected chi connectivity index (χ3v) is 5.94. The summed E-state index contributed by atoms with van der Waals surface area (Å²) < 4.78 is 45.5. The van der Waals surface area contributed by atoms with Gasteiger partial charge in [0.1, 0.15) is 0 Å². The van der Waals surface area contributed by atoms with Crippen LogP contribution in [-0.4, -0.2) is 28.6 Å². The van der Waals surface area contributed by atoms with E-state index in [1.54, 1.807) is 11.8 Å². The molecule has 1 aliphatic heterocycles. The molecule has 156 valence electrons. The van der Waals surface area contributed by atoms with E-state index in [-0.39, 0.29) is 23.2 Å². The number of hydrogen-bond donors (Lipinski definition) is 1. The molecule has 0 bridgehead atoms. The number of rotatable bonds is 4. The van der Waals surface area contributed by atoms with Gasteiger partial charge in [0.05, 0.1) is 30.6 Å². The molecule has 0 spiro atoms. The molecule has 0 aliphatic carbocycles. The number of carbonyl (C=O) groups is 1. The number of hydrogen-bond acceptors (Lipinski definition) is 4. The van der Waals surface area contributed by atoms with E-state index in [1.165, 1.54) is 30.1 Å². The minimum Gasteiger partial charge on any atom is -0.493 e. The number of aromatic nitrogens is 2. The molecule has 9 heteroatoms. The maximum atomic E-state index is 13.0. The second-order valence-electron chi connectivity index (χ2n) is 6.74. The molecule has 1 aliphatic rings. The van der Waals surface area contributed by atoms with Gasteiger partial charge in [0.15, 0.2) is 11.4 Å². The Morgan fingerprint density at radius 3 is 2.80 bits per heavy atom. The molecule has 3 aromatic rings. The molecule has 30 heavy (non-hydrogen) atoms. The van der Waals surface area contributed by atoms with Gasteiger partial charge in [0.25, 0.3) is 5.91 Å². The number of alkyl halides is 3. The minimum atomic E-state index is -4.47. The summed E-state index contributed by atoms with van der Waals surface area (Å²) in [5.41, 5.74) is 0.447. The SMILES string of the molecule is COc1cn(-c2cccc(C(F)(F)F)c2)nc1C(=O)NC1CCSc2ccccc21. The Labute approximate surface area is 175 Å². The molecular formula is C21H18F3N3O2S. The fourth-order valence-corrected chi connectivity index (χ4v) is 4.47. The highest BCUT2D eigenvalue weighted by Gasteiger charge is 2.31. The van der Waals surface area contributed by atoms with Gasteiger partial charge < -0.3 is 10.1 Å². The lowest BCUT2D eigenvalue weighted by molar-refractivity contribution is -0.137. The first-order chi connectivity index (χ1) is 14.4. The Hall–Kier alpha value is -2.94. The van der Waals surface area contributed by atoms with Gasteiger partial charge >= 0.3 is 6.18 Å². The number of carbonyl (C=O) groups excluding carboxylic acids is 1. The summed E-state index contributed by atoms with van der Waals surface area (Å²) in [5.74, 6) is 0.616. The predicted octanol–water partition coefficient (Wildman–Crippen LogP) is 4.87. The van der Waals surface area contributed by atoms with Crippen molar-refractivity contribution in [3.63, 3.8) is 0 Å². The van der Waals surface area contributed by atoms with Crippen LogP contribution in [0.5, 0.6) is 5.75 Å². The van der Waals surface area contributed by atoms with Gasteiger partial charge in [-0.2, -0.15) is 18.3 Å². The van der Waals surface area contributed by atoms with Crippen LogP contribution in [0.2, 0.25) is 0 Å². The Morgan fingerprint density at radius 1 is 1.23 bits per heavy atom. The molecule has 2 heterocycles. The van der Waals surface area contributed by atoms with E-state index < -0.39 is 17.6 Å². The number of benzene rings is 2. The van der Waals surface area contributed by atoms with Gasteiger partial charge in [-0.3, -0.25) is 4.79 Å². The fourth-order valence-electron chi connectivity index (χ4n) is 3.34. The van der Waals surface area contributed by atoms with E-state index in [2.05, 4.69) is 10.4 Å². The molecule has 1 unspecified atom stereocenters. The number of methoxy groups -OCH3 is 1. The Bertz CT molecular complexity index is 1080. The molecule has 0 fully saturated rings. The molecule has 0 saturated heterocycles. The van der Waals surface area contributed by atoms with Crippen molar-refractivity contribution in [2.24, 2.45) is 0 Å². The molecule has 1 atom stereocenters. The van der Waals surface area contributed by atoms with Crippen LogP contribution in [0.25, 0.3) is 5.69 Å². The first-order valence-corrected chi connectivity index (χ1v) is 10.2. The van der Waals surface area contributed by atoms with Crippen molar-refractivity contribution >= 4 is 17.7 Å². The summed E-state index contributed by atoms with van der Waals surface area (Å²) >= 11 is 1.74. The average Bonchev–Trinajstić information content (AvgIpc) is 3.18. The number of nitrogens with zero attached hydrogens (tertiary/aromatic N) is 2. The normalized spacial score (nSPS) is 16.1. The van der Waals surface area contributed by atoms with Gasteiger partial charge in [0, 0.05) is 10.6 Å². The van der Waals surface area contributed by atoms with E-state index in [0.717, 1.165) is 34.8 Å². The third-order valence-electron chi connectivity index (χ3n) is 4.82. The van der Waals surface area contributed by atoms with Crippen molar-refractivity contribution < 1.29 is 22.7 Å². The van der Waals surface area contributed by atoms with E-state index >= 15 is 0 Å². The van der Waals surface area contributed by atoms with Crippen LogP contribution in [0, 0.1) is 0 Å². The first-order valence-electron chi connectivity index (χ1n) is 9.20. The lowest BCUT2D eigenvalue weighted by Crippen LogP contribution is -2.31. The second kappa shape index (κ2) is 8.06. The largest absolute Gasteiger partial charge is 0.493 e. The van der Waals surface area contributed by atoms with E-state index in [9.17, 15) is 18.0 Å². The Balaban J connectivity index is 1.62. The molecule has 0 radical (unpaired) electrons. The number of thioether (sulfide) groups is 1. The lowest BCUT2D eigenvalue weighted by atomic mass is 10.0. The van der Waals surface area contributed by atoms with Crippen LogP contribution < -0.4 is 10.1 Å². The number of halogens is 3. The maximum Gasteiger partial charge on any atom is 0.416 e. The highest BCUT2D eigenvalue weighted by molar-refractivity contribution is 7.99. The van der Waals surface area contributed by atoms with Crippen LogP contribution in [-0.2, 0) is 6.18 Å². The number of amides is 1. The summed E-state index contributed by atoms with van der Waals surface area (Å²) in [4.78, 5) is 14.0. The highest BCUT2D eigenvalue weighted by atomic mass is 32.2. The molecule has 1 N–H and O–H groups in total. The average molecular weight is 433 g/mol. The van der Waals surface area contributed by atoms with Gasteiger partial charge in [-0.15, -0.1) is 11.8 Å². The molecule has 4 rings (SSSR count). The van der Waals surface area contributed by atoms with Gasteiger partial charge in [0.2, 0.25) is 0 Å².